The van der Waals surface area contributed by atoms with Gasteiger partial charge in [0.1, 0.15) is 6.61 Å². The van der Waals surface area contributed by atoms with E-state index in [1.165, 1.54) is 5.31 Å². The number of nitrogens with one attached hydrogen (secondary N) is 1. The summed E-state index contributed by atoms with van der Waals surface area (Å²) in [6.45, 7) is 5.19. The SMILES string of the molecule is CC(C)[C@H]1CO/C(=C2\C=CC=C2P)N1. The minimum absolute atomic E-state index is 0.448. The molecular weight excluding hydrogens is 193 g/mol. The Bertz CT molecular complexity index is 328. The largest absolute Gasteiger partial charge is 0.477 e. The molecule has 0 bridgehead atoms. The van der Waals surface area contributed by atoms with E-state index in [1.807, 2.05) is 6.08 Å². The first-order valence-electron chi connectivity index (χ1n) is 4.96. The Balaban J connectivity index is 2.15. The van der Waals surface area contributed by atoms with E-state index in [2.05, 4.69) is 40.6 Å². The Kier molecular flexibility index (Phi) is 2.64. The summed E-state index contributed by atoms with van der Waals surface area (Å²) < 4.78 is 5.64. The number of rotatable bonds is 1. The molecule has 0 aromatic rings. The molecule has 1 aliphatic carbocycles. The minimum Gasteiger partial charge on any atom is -0.477 e. The summed E-state index contributed by atoms with van der Waals surface area (Å²) in [6, 6.07) is 0.448. The van der Waals surface area contributed by atoms with Gasteiger partial charge in [-0.15, -0.1) is 9.24 Å². The molecule has 1 heterocycles. The van der Waals surface area contributed by atoms with Crippen molar-refractivity contribution in [3.05, 3.63) is 35.0 Å². The van der Waals surface area contributed by atoms with Gasteiger partial charge in [0.2, 0.25) is 0 Å². The van der Waals surface area contributed by atoms with E-state index in [4.69, 9.17) is 4.74 Å². The highest BCUT2D eigenvalue weighted by Crippen LogP contribution is 2.29. The van der Waals surface area contributed by atoms with Crippen molar-refractivity contribution in [1.29, 1.82) is 0 Å². The van der Waals surface area contributed by atoms with Crippen LogP contribution in [-0.2, 0) is 4.74 Å². The highest BCUT2D eigenvalue weighted by atomic mass is 31.0. The van der Waals surface area contributed by atoms with Crippen molar-refractivity contribution in [3.8, 4) is 0 Å². The summed E-state index contributed by atoms with van der Waals surface area (Å²) >= 11 is 0. The maximum absolute atomic E-state index is 5.64. The van der Waals surface area contributed by atoms with E-state index < -0.39 is 0 Å². The second-order valence-corrected chi connectivity index (χ2v) is 4.65. The van der Waals surface area contributed by atoms with Gasteiger partial charge in [0.15, 0.2) is 5.88 Å². The number of hydrogen-bond donors (Lipinski definition) is 1. The van der Waals surface area contributed by atoms with Crippen molar-refractivity contribution < 1.29 is 4.74 Å². The Hall–Kier alpha value is -0.750. The van der Waals surface area contributed by atoms with Crippen molar-refractivity contribution in [2.24, 2.45) is 5.92 Å². The molecule has 0 amide bonds. The molecular formula is C11H16NOP. The number of hydrogen-bond acceptors (Lipinski definition) is 2. The predicted octanol–water partition coefficient (Wildman–Crippen LogP) is 2.17. The fourth-order valence-corrected chi connectivity index (χ4v) is 1.92. The molecule has 2 rings (SSSR count). The van der Waals surface area contributed by atoms with Crippen molar-refractivity contribution in [3.63, 3.8) is 0 Å². The van der Waals surface area contributed by atoms with Crippen LogP contribution >= 0.6 is 9.24 Å². The van der Waals surface area contributed by atoms with Gasteiger partial charge < -0.3 is 10.1 Å². The van der Waals surface area contributed by atoms with Gasteiger partial charge in [0, 0.05) is 5.57 Å². The summed E-state index contributed by atoms with van der Waals surface area (Å²) in [5.41, 5.74) is 1.16. The molecule has 2 aliphatic rings. The smallest absolute Gasteiger partial charge is 0.195 e. The third-order valence-corrected chi connectivity index (χ3v) is 3.13. The second kappa shape index (κ2) is 3.78. The van der Waals surface area contributed by atoms with Crippen LogP contribution in [0.2, 0.25) is 0 Å². The zero-order valence-electron chi connectivity index (χ0n) is 8.58. The molecule has 1 unspecified atom stereocenters. The summed E-state index contributed by atoms with van der Waals surface area (Å²) in [5.74, 6) is 1.54. The number of allylic oxidation sites excluding steroid dienone is 5. The molecule has 0 saturated carbocycles. The van der Waals surface area contributed by atoms with E-state index in [0.29, 0.717) is 12.0 Å². The molecule has 2 nitrogen and oxygen atoms in total. The van der Waals surface area contributed by atoms with Crippen LogP contribution in [0.3, 0.4) is 0 Å². The lowest BCUT2D eigenvalue weighted by Crippen LogP contribution is -2.28. The van der Waals surface area contributed by atoms with E-state index in [0.717, 1.165) is 18.1 Å². The molecule has 0 aromatic heterocycles. The van der Waals surface area contributed by atoms with E-state index in [9.17, 15) is 0 Å². The average Bonchev–Trinajstić information content (AvgIpc) is 2.71. The molecule has 76 valence electrons. The summed E-state index contributed by atoms with van der Waals surface area (Å²) in [7, 11) is 2.72. The van der Waals surface area contributed by atoms with E-state index in [1.54, 1.807) is 0 Å². The third kappa shape index (κ3) is 1.72. The molecule has 0 aromatic carbocycles. The minimum atomic E-state index is 0.448. The molecule has 14 heavy (non-hydrogen) atoms. The Morgan fingerprint density at radius 3 is 2.86 bits per heavy atom. The van der Waals surface area contributed by atoms with Crippen LogP contribution in [-0.4, -0.2) is 12.6 Å². The van der Waals surface area contributed by atoms with Gasteiger partial charge in [0.25, 0.3) is 0 Å². The Morgan fingerprint density at radius 2 is 2.36 bits per heavy atom. The monoisotopic (exact) mass is 209 g/mol. The lowest BCUT2D eigenvalue weighted by atomic mass is 10.1. The first-order valence-corrected chi connectivity index (χ1v) is 5.54. The summed E-state index contributed by atoms with van der Waals surface area (Å²) in [5, 5.41) is 4.61. The fraction of sp³-hybridized carbons (Fsp3) is 0.455. The standard InChI is InChI=1S/C11H16NOP/c1-7(2)9-6-13-11(12-9)8-4-3-5-10(8)14/h3-5,7,9,12H,6,14H2,1-2H3/b11-8+/t9-/m1/s1. The summed E-state index contributed by atoms with van der Waals surface area (Å²) in [6.07, 6.45) is 6.19. The van der Waals surface area contributed by atoms with Gasteiger partial charge in [-0.2, -0.15) is 0 Å². The lowest BCUT2D eigenvalue weighted by molar-refractivity contribution is 0.242. The first-order chi connectivity index (χ1) is 6.68. The van der Waals surface area contributed by atoms with Crippen molar-refractivity contribution in [2.75, 3.05) is 6.61 Å². The average molecular weight is 209 g/mol. The Morgan fingerprint density at radius 1 is 1.57 bits per heavy atom. The normalized spacial score (nSPS) is 30.6. The zero-order chi connectivity index (χ0) is 10.1. The van der Waals surface area contributed by atoms with Gasteiger partial charge >= 0.3 is 0 Å². The van der Waals surface area contributed by atoms with Crippen molar-refractivity contribution in [1.82, 2.24) is 5.32 Å². The maximum Gasteiger partial charge on any atom is 0.195 e. The lowest BCUT2D eigenvalue weighted by Gasteiger charge is -2.11. The van der Waals surface area contributed by atoms with Crippen LogP contribution < -0.4 is 5.32 Å². The predicted molar refractivity (Wildman–Crippen MR) is 61.7 cm³/mol. The zero-order valence-corrected chi connectivity index (χ0v) is 9.73. The maximum atomic E-state index is 5.64. The molecule has 1 aliphatic heterocycles. The molecule has 1 N–H and O–H groups in total. The van der Waals surface area contributed by atoms with E-state index in [-0.39, 0.29) is 0 Å². The summed E-state index contributed by atoms with van der Waals surface area (Å²) in [4.78, 5) is 0. The molecule has 1 fully saturated rings. The quantitative estimate of drug-likeness (QED) is 0.668. The molecule has 2 atom stereocenters. The topological polar surface area (TPSA) is 21.3 Å². The van der Waals surface area contributed by atoms with Gasteiger partial charge in [-0.05, 0) is 17.3 Å². The van der Waals surface area contributed by atoms with Gasteiger partial charge in [-0.1, -0.05) is 26.0 Å². The second-order valence-electron chi connectivity index (χ2n) is 4.03. The molecule has 0 spiro atoms. The van der Waals surface area contributed by atoms with Crippen LogP contribution in [0.1, 0.15) is 13.8 Å². The number of ether oxygens (including phenoxy) is 1. The highest BCUT2D eigenvalue weighted by molar-refractivity contribution is 7.23. The molecule has 0 radical (unpaired) electrons. The van der Waals surface area contributed by atoms with Gasteiger partial charge in [-0.3, -0.25) is 0 Å². The van der Waals surface area contributed by atoms with Gasteiger partial charge in [0.05, 0.1) is 6.04 Å². The van der Waals surface area contributed by atoms with Crippen LogP contribution in [0.5, 0.6) is 0 Å². The van der Waals surface area contributed by atoms with Crippen LogP contribution in [0, 0.1) is 5.92 Å². The van der Waals surface area contributed by atoms with Crippen LogP contribution in [0.4, 0.5) is 0 Å². The Labute approximate surface area is 87.3 Å². The first kappa shape index (κ1) is 9.79. The van der Waals surface area contributed by atoms with E-state index >= 15 is 0 Å². The third-order valence-electron chi connectivity index (χ3n) is 2.62. The molecule has 3 heteroatoms. The van der Waals surface area contributed by atoms with Crippen LogP contribution in [0.15, 0.2) is 35.0 Å². The van der Waals surface area contributed by atoms with Crippen LogP contribution in [0.25, 0.3) is 0 Å². The van der Waals surface area contributed by atoms with Gasteiger partial charge in [-0.25, -0.2) is 0 Å². The van der Waals surface area contributed by atoms with Crippen molar-refractivity contribution in [2.45, 2.75) is 19.9 Å². The van der Waals surface area contributed by atoms with Crippen molar-refractivity contribution >= 4 is 9.24 Å². The fourth-order valence-electron chi connectivity index (χ4n) is 1.58. The highest BCUT2D eigenvalue weighted by Gasteiger charge is 2.25. The molecule has 1 saturated heterocycles.